The first-order valence-electron chi connectivity index (χ1n) is 7.92. The van der Waals surface area contributed by atoms with Gasteiger partial charge in [-0.3, -0.25) is 4.79 Å². The lowest BCUT2D eigenvalue weighted by molar-refractivity contribution is 0.0229. The highest BCUT2D eigenvalue weighted by Gasteiger charge is 2.37. The predicted molar refractivity (Wildman–Crippen MR) is 86.5 cm³/mol. The fraction of sp³-hybridized carbons (Fsp3) is 0.263. The Hall–Kier alpha value is -2.78. The van der Waals surface area contributed by atoms with Crippen LogP contribution in [0.2, 0.25) is 0 Å². The van der Waals surface area contributed by atoms with E-state index in [-0.39, 0.29) is 22.6 Å². The SMILES string of the molecule is N#Cc1ccccc1C(=O)N[C@H](c1ccc(F)cc1F)C1CC(O)C1. The Kier molecular flexibility index (Phi) is 4.77. The molecule has 4 nitrogen and oxygen atoms in total. The molecule has 0 unspecified atom stereocenters. The third-order valence-corrected chi connectivity index (χ3v) is 4.50. The van der Waals surface area contributed by atoms with Crippen molar-refractivity contribution in [2.24, 2.45) is 5.92 Å². The van der Waals surface area contributed by atoms with Crippen LogP contribution in [0.1, 0.15) is 40.4 Å². The second kappa shape index (κ2) is 6.99. The van der Waals surface area contributed by atoms with Crippen LogP contribution in [0.15, 0.2) is 42.5 Å². The first-order valence-corrected chi connectivity index (χ1v) is 7.92. The van der Waals surface area contributed by atoms with Crippen LogP contribution in [0.3, 0.4) is 0 Å². The fourth-order valence-corrected chi connectivity index (χ4v) is 3.10. The smallest absolute Gasteiger partial charge is 0.253 e. The molecule has 6 heteroatoms. The van der Waals surface area contributed by atoms with Gasteiger partial charge in [-0.25, -0.2) is 8.78 Å². The summed E-state index contributed by atoms with van der Waals surface area (Å²) in [6, 6.07) is 10.8. The van der Waals surface area contributed by atoms with E-state index in [4.69, 9.17) is 5.26 Å². The number of nitrogens with zero attached hydrogens (tertiary/aromatic N) is 1. The van der Waals surface area contributed by atoms with Gasteiger partial charge < -0.3 is 10.4 Å². The van der Waals surface area contributed by atoms with Crippen molar-refractivity contribution in [3.05, 3.63) is 70.8 Å². The van der Waals surface area contributed by atoms with E-state index in [1.165, 1.54) is 18.2 Å². The third kappa shape index (κ3) is 3.52. The highest BCUT2D eigenvalue weighted by Crippen LogP contribution is 2.39. The number of amides is 1. The van der Waals surface area contributed by atoms with Crippen molar-refractivity contribution in [1.29, 1.82) is 5.26 Å². The third-order valence-electron chi connectivity index (χ3n) is 4.50. The van der Waals surface area contributed by atoms with Gasteiger partial charge in [-0.05, 0) is 37.0 Å². The number of aliphatic hydroxyl groups is 1. The molecule has 0 aromatic heterocycles. The maximum absolute atomic E-state index is 14.2. The van der Waals surface area contributed by atoms with Crippen molar-refractivity contribution in [2.45, 2.75) is 25.0 Å². The Balaban J connectivity index is 1.90. The molecule has 1 aliphatic carbocycles. The molecule has 0 radical (unpaired) electrons. The lowest BCUT2D eigenvalue weighted by atomic mass is 9.75. The van der Waals surface area contributed by atoms with E-state index in [1.807, 2.05) is 6.07 Å². The van der Waals surface area contributed by atoms with Crippen LogP contribution >= 0.6 is 0 Å². The molecular weight excluding hydrogens is 326 g/mol. The van der Waals surface area contributed by atoms with Crippen LogP contribution in [0, 0.1) is 28.9 Å². The molecule has 3 rings (SSSR count). The van der Waals surface area contributed by atoms with Gasteiger partial charge in [0.25, 0.3) is 5.91 Å². The molecule has 0 spiro atoms. The molecule has 2 aromatic rings. The molecule has 1 amide bonds. The first kappa shape index (κ1) is 17.1. The van der Waals surface area contributed by atoms with Gasteiger partial charge in [0.2, 0.25) is 0 Å². The summed E-state index contributed by atoms with van der Waals surface area (Å²) in [5, 5.41) is 21.4. The van der Waals surface area contributed by atoms with Gasteiger partial charge in [0.15, 0.2) is 0 Å². The number of carbonyl (C=O) groups is 1. The molecule has 128 valence electrons. The number of carbonyl (C=O) groups excluding carboxylic acids is 1. The maximum atomic E-state index is 14.2. The maximum Gasteiger partial charge on any atom is 0.253 e. The fourth-order valence-electron chi connectivity index (χ4n) is 3.10. The van der Waals surface area contributed by atoms with Crippen molar-refractivity contribution < 1.29 is 18.7 Å². The Morgan fingerprint density at radius 2 is 1.96 bits per heavy atom. The molecule has 1 fully saturated rings. The predicted octanol–water partition coefficient (Wildman–Crippen LogP) is 3.08. The number of rotatable bonds is 4. The molecule has 0 bridgehead atoms. The van der Waals surface area contributed by atoms with E-state index in [0.717, 1.165) is 12.1 Å². The Morgan fingerprint density at radius 3 is 2.60 bits per heavy atom. The molecule has 0 aliphatic heterocycles. The zero-order valence-electron chi connectivity index (χ0n) is 13.2. The molecule has 2 N–H and O–H groups in total. The number of halogens is 2. The quantitative estimate of drug-likeness (QED) is 0.897. The highest BCUT2D eigenvalue weighted by molar-refractivity contribution is 5.96. The second-order valence-corrected chi connectivity index (χ2v) is 6.16. The summed E-state index contributed by atoms with van der Waals surface area (Å²) < 4.78 is 27.4. The Labute approximate surface area is 143 Å². The van der Waals surface area contributed by atoms with Gasteiger partial charge in [0, 0.05) is 11.6 Å². The molecule has 1 aliphatic rings. The molecule has 2 aromatic carbocycles. The standard InChI is InChI=1S/C19H16F2N2O2/c20-13-5-6-16(17(21)9-13)18(12-7-14(24)8-12)23-19(25)15-4-2-1-3-11(15)10-22/h1-6,9,12,14,18,24H,7-8H2,(H,23,25)/t12?,14?,18-/m0/s1. The first-order chi connectivity index (χ1) is 12.0. The minimum atomic E-state index is -0.750. The second-order valence-electron chi connectivity index (χ2n) is 6.16. The summed E-state index contributed by atoms with van der Waals surface area (Å²) >= 11 is 0. The van der Waals surface area contributed by atoms with Gasteiger partial charge in [-0.15, -0.1) is 0 Å². The minimum absolute atomic E-state index is 0.159. The molecule has 25 heavy (non-hydrogen) atoms. The van der Waals surface area contributed by atoms with E-state index in [9.17, 15) is 18.7 Å². The topological polar surface area (TPSA) is 73.1 Å². The molecular formula is C19H16F2N2O2. The van der Waals surface area contributed by atoms with Gasteiger partial charge in [0.1, 0.15) is 11.6 Å². The Bertz CT molecular complexity index is 842. The van der Waals surface area contributed by atoms with Crippen molar-refractivity contribution in [3.8, 4) is 6.07 Å². The van der Waals surface area contributed by atoms with Crippen LogP contribution < -0.4 is 5.32 Å². The zero-order valence-corrected chi connectivity index (χ0v) is 13.2. The van der Waals surface area contributed by atoms with Crippen molar-refractivity contribution in [1.82, 2.24) is 5.32 Å². The minimum Gasteiger partial charge on any atom is -0.393 e. The van der Waals surface area contributed by atoms with E-state index in [2.05, 4.69) is 5.32 Å². The van der Waals surface area contributed by atoms with E-state index < -0.39 is 29.7 Å². The largest absolute Gasteiger partial charge is 0.393 e. The van der Waals surface area contributed by atoms with Crippen LogP contribution in [0.4, 0.5) is 8.78 Å². The van der Waals surface area contributed by atoms with Gasteiger partial charge in [0.05, 0.1) is 29.3 Å². The van der Waals surface area contributed by atoms with Crippen LogP contribution in [0.5, 0.6) is 0 Å². The molecule has 1 atom stereocenters. The zero-order chi connectivity index (χ0) is 18.0. The highest BCUT2D eigenvalue weighted by atomic mass is 19.1. The number of nitrogens with one attached hydrogen (secondary N) is 1. The van der Waals surface area contributed by atoms with Crippen LogP contribution in [-0.2, 0) is 0 Å². The molecule has 0 saturated heterocycles. The van der Waals surface area contributed by atoms with E-state index in [1.54, 1.807) is 12.1 Å². The van der Waals surface area contributed by atoms with Crippen molar-refractivity contribution in [3.63, 3.8) is 0 Å². The van der Waals surface area contributed by atoms with Gasteiger partial charge >= 0.3 is 0 Å². The van der Waals surface area contributed by atoms with Gasteiger partial charge in [-0.2, -0.15) is 5.26 Å². The van der Waals surface area contributed by atoms with Crippen molar-refractivity contribution >= 4 is 5.91 Å². The monoisotopic (exact) mass is 342 g/mol. The summed E-state index contributed by atoms with van der Waals surface area (Å²) in [5.74, 6) is -2.12. The van der Waals surface area contributed by atoms with Crippen LogP contribution in [-0.4, -0.2) is 17.1 Å². The average Bonchev–Trinajstić information content (AvgIpc) is 2.57. The summed E-state index contributed by atoms with van der Waals surface area (Å²) in [7, 11) is 0. The number of aliphatic hydroxyl groups excluding tert-OH is 1. The van der Waals surface area contributed by atoms with E-state index in [0.29, 0.717) is 12.8 Å². The number of benzene rings is 2. The average molecular weight is 342 g/mol. The van der Waals surface area contributed by atoms with Gasteiger partial charge in [-0.1, -0.05) is 18.2 Å². The van der Waals surface area contributed by atoms with Crippen molar-refractivity contribution in [2.75, 3.05) is 0 Å². The lowest BCUT2D eigenvalue weighted by Gasteiger charge is -2.38. The molecule has 0 heterocycles. The summed E-state index contributed by atoms with van der Waals surface area (Å²) in [4.78, 5) is 12.6. The van der Waals surface area contributed by atoms with E-state index >= 15 is 0 Å². The summed E-state index contributed by atoms with van der Waals surface area (Å²) in [6.07, 6.45) is 0.350. The number of hydrogen-bond donors (Lipinski definition) is 2. The summed E-state index contributed by atoms with van der Waals surface area (Å²) in [5.41, 5.74) is 0.574. The number of nitriles is 1. The van der Waals surface area contributed by atoms with Crippen LogP contribution in [0.25, 0.3) is 0 Å². The Morgan fingerprint density at radius 1 is 1.24 bits per heavy atom. The lowest BCUT2D eigenvalue weighted by Crippen LogP contribution is -2.42. The molecule has 1 saturated carbocycles. The normalized spacial score (nSPS) is 20.2. The summed E-state index contributed by atoms with van der Waals surface area (Å²) in [6.45, 7) is 0. The number of hydrogen-bond acceptors (Lipinski definition) is 3.